The Morgan fingerprint density at radius 1 is 1.41 bits per heavy atom. The SMILES string of the molecule is CO[C@@H]1CCC[C@@H]1[C@H]1COCCN1Cc1ncnn1C(C)C. The number of hydrogen-bond acceptors (Lipinski definition) is 5. The van der Waals surface area contributed by atoms with Gasteiger partial charge in [0.1, 0.15) is 12.2 Å². The zero-order chi connectivity index (χ0) is 15.5. The van der Waals surface area contributed by atoms with E-state index in [1.807, 2.05) is 11.8 Å². The molecule has 0 bridgehead atoms. The Hall–Kier alpha value is -0.980. The Morgan fingerprint density at radius 2 is 2.27 bits per heavy atom. The molecule has 0 amide bonds. The van der Waals surface area contributed by atoms with E-state index in [9.17, 15) is 0 Å². The van der Waals surface area contributed by atoms with Gasteiger partial charge in [-0.1, -0.05) is 6.42 Å². The van der Waals surface area contributed by atoms with Crippen molar-refractivity contribution in [3.05, 3.63) is 12.2 Å². The minimum atomic E-state index is 0.343. The van der Waals surface area contributed by atoms with E-state index < -0.39 is 0 Å². The number of rotatable bonds is 5. The molecule has 1 aromatic heterocycles. The molecule has 124 valence electrons. The van der Waals surface area contributed by atoms with E-state index in [0.717, 1.165) is 32.1 Å². The highest BCUT2D eigenvalue weighted by molar-refractivity contribution is 4.94. The maximum atomic E-state index is 5.77. The molecule has 1 saturated carbocycles. The van der Waals surface area contributed by atoms with Crippen LogP contribution in [-0.2, 0) is 16.0 Å². The third kappa shape index (κ3) is 3.19. The number of ether oxygens (including phenoxy) is 2. The van der Waals surface area contributed by atoms with Gasteiger partial charge in [0.05, 0.1) is 25.9 Å². The lowest BCUT2D eigenvalue weighted by Crippen LogP contribution is -2.51. The van der Waals surface area contributed by atoms with Crippen molar-refractivity contribution >= 4 is 0 Å². The van der Waals surface area contributed by atoms with Crippen molar-refractivity contribution in [1.29, 1.82) is 0 Å². The van der Waals surface area contributed by atoms with Gasteiger partial charge in [-0.15, -0.1) is 0 Å². The maximum Gasteiger partial charge on any atom is 0.141 e. The van der Waals surface area contributed by atoms with Crippen LogP contribution in [0.15, 0.2) is 6.33 Å². The summed E-state index contributed by atoms with van der Waals surface area (Å²) in [7, 11) is 1.84. The molecule has 0 N–H and O–H groups in total. The Balaban J connectivity index is 1.74. The Labute approximate surface area is 132 Å². The highest BCUT2D eigenvalue weighted by Gasteiger charge is 2.38. The summed E-state index contributed by atoms with van der Waals surface area (Å²) in [6.45, 7) is 7.71. The lowest BCUT2D eigenvalue weighted by atomic mass is 9.94. The van der Waals surface area contributed by atoms with E-state index in [1.54, 1.807) is 6.33 Å². The largest absolute Gasteiger partial charge is 0.381 e. The third-order valence-corrected chi connectivity index (χ3v) is 5.06. The number of methoxy groups -OCH3 is 1. The first-order valence-corrected chi connectivity index (χ1v) is 8.43. The van der Waals surface area contributed by atoms with Crippen LogP contribution in [0.1, 0.15) is 45.0 Å². The smallest absolute Gasteiger partial charge is 0.141 e. The molecular weight excluding hydrogens is 280 g/mol. The van der Waals surface area contributed by atoms with E-state index in [1.165, 1.54) is 19.3 Å². The van der Waals surface area contributed by atoms with E-state index in [2.05, 4.69) is 28.8 Å². The number of aromatic nitrogens is 3. The molecule has 3 rings (SSSR count). The van der Waals surface area contributed by atoms with Crippen LogP contribution in [0.2, 0.25) is 0 Å². The molecule has 0 radical (unpaired) electrons. The molecular formula is C16H28N4O2. The molecule has 2 fully saturated rings. The third-order valence-electron chi connectivity index (χ3n) is 5.06. The van der Waals surface area contributed by atoms with Crippen molar-refractivity contribution in [2.75, 3.05) is 26.9 Å². The maximum absolute atomic E-state index is 5.77. The molecule has 0 aromatic carbocycles. The van der Waals surface area contributed by atoms with Crippen molar-refractivity contribution in [2.45, 2.75) is 57.8 Å². The predicted octanol–water partition coefficient (Wildman–Crippen LogP) is 1.87. The van der Waals surface area contributed by atoms with Gasteiger partial charge >= 0.3 is 0 Å². The van der Waals surface area contributed by atoms with Crippen LogP contribution in [-0.4, -0.2) is 58.7 Å². The van der Waals surface area contributed by atoms with Gasteiger partial charge in [-0.2, -0.15) is 5.10 Å². The fourth-order valence-electron chi connectivity index (χ4n) is 3.94. The normalized spacial score (nSPS) is 30.3. The average Bonchev–Trinajstić information content (AvgIpc) is 3.16. The van der Waals surface area contributed by atoms with Crippen LogP contribution in [0.5, 0.6) is 0 Å². The number of hydrogen-bond donors (Lipinski definition) is 0. The molecule has 3 atom stereocenters. The summed E-state index contributed by atoms with van der Waals surface area (Å²) in [4.78, 5) is 6.99. The van der Waals surface area contributed by atoms with Crippen LogP contribution in [0.4, 0.5) is 0 Å². The molecule has 2 aliphatic rings. The molecule has 0 spiro atoms. The second-order valence-corrected chi connectivity index (χ2v) is 6.70. The first-order valence-electron chi connectivity index (χ1n) is 8.43. The van der Waals surface area contributed by atoms with Gasteiger partial charge in [0.25, 0.3) is 0 Å². The van der Waals surface area contributed by atoms with Gasteiger partial charge in [0.2, 0.25) is 0 Å². The van der Waals surface area contributed by atoms with Gasteiger partial charge in [-0.3, -0.25) is 4.90 Å². The predicted molar refractivity (Wildman–Crippen MR) is 83.6 cm³/mol. The van der Waals surface area contributed by atoms with Crippen molar-refractivity contribution in [1.82, 2.24) is 19.7 Å². The summed E-state index contributed by atoms with van der Waals surface area (Å²) < 4.78 is 13.5. The first kappa shape index (κ1) is 15.9. The van der Waals surface area contributed by atoms with E-state index >= 15 is 0 Å². The van der Waals surface area contributed by atoms with Crippen molar-refractivity contribution in [3.63, 3.8) is 0 Å². The minimum absolute atomic E-state index is 0.343. The summed E-state index contributed by atoms with van der Waals surface area (Å²) in [5.74, 6) is 1.62. The second-order valence-electron chi connectivity index (χ2n) is 6.70. The zero-order valence-electron chi connectivity index (χ0n) is 13.9. The highest BCUT2D eigenvalue weighted by atomic mass is 16.5. The van der Waals surface area contributed by atoms with Crippen LogP contribution >= 0.6 is 0 Å². The molecule has 1 aromatic rings. The van der Waals surface area contributed by atoms with Crippen LogP contribution in [0.25, 0.3) is 0 Å². The molecule has 6 heteroatoms. The van der Waals surface area contributed by atoms with E-state index in [0.29, 0.717) is 24.1 Å². The van der Waals surface area contributed by atoms with Gasteiger partial charge in [0, 0.05) is 31.7 Å². The first-order chi connectivity index (χ1) is 10.7. The molecule has 0 unspecified atom stereocenters. The van der Waals surface area contributed by atoms with Crippen LogP contribution in [0, 0.1) is 5.92 Å². The molecule has 1 saturated heterocycles. The monoisotopic (exact) mass is 308 g/mol. The van der Waals surface area contributed by atoms with Gasteiger partial charge < -0.3 is 9.47 Å². The summed E-state index contributed by atoms with van der Waals surface area (Å²) in [6, 6.07) is 0.772. The quantitative estimate of drug-likeness (QED) is 0.831. The zero-order valence-corrected chi connectivity index (χ0v) is 13.9. The van der Waals surface area contributed by atoms with E-state index in [4.69, 9.17) is 9.47 Å². The van der Waals surface area contributed by atoms with Crippen molar-refractivity contribution in [2.24, 2.45) is 5.92 Å². The summed E-state index contributed by atoms with van der Waals surface area (Å²) >= 11 is 0. The van der Waals surface area contributed by atoms with Crippen LogP contribution in [0.3, 0.4) is 0 Å². The lowest BCUT2D eigenvalue weighted by Gasteiger charge is -2.40. The number of nitrogens with zero attached hydrogens (tertiary/aromatic N) is 4. The van der Waals surface area contributed by atoms with Gasteiger partial charge in [-0.05, 0) is 26.7 Å². The Bertz CT molecular complexity index is 476. The van der Waals surface area contributed by atoms with Gasteiger partial charge in [0.15, 0.2) is 0 Å². The minimum Gasteiger partial charge on any atom is -0.381 e. The Morgan fingerprint density at radius 3 is 3.05 bits per heavy atom. The standard InChI is InChI=1S/C16H28N4O2/c1-12(2)20-16(17-11-18-20)9-19-7-8-22-10-14(19)13-5-4-6-15(13)21-3/h11-15H,4-10H2,1-3H3/t13-,14-,15-/m1/s1. The molecule has 22 heavy (non-hydrogen) atoms. The van der Waals surface area contributed by atoms with Crippen molar-refractivity contribution < 1.29 is 9.47 Å². The average molecular weight is 308 g/mol. The van der Waals surface area contributed by atoms with Crippen molar-refractivity contribution in [3.8, 4) is 0 Å². The summed E-state index contributed by atoms with van der Waals surface area (Å²) in [5, 5.41) is 4.36. The Kier molecular flexibility index (Phi) is 5.10. The van der Waals surface area contributed by atoms with Gasteiger partial charge in [-0.25, -0.2) is 9.67 Å². The molecule has 1 aliphatic heterocycles. The number of morpholine rings is 1. The fourth-order valence-corrected chi connectivity index (χ4v) is 3.94. The second kappa shape index (κ2) is 7.06. The summed E-state index contributed by atoms with van der Waals surface area (Å²) in [6.07, 6.45) is 5.71. The molecule has 1 aliphatic carbocycles. The summed E-state index contributed by atoms with van der Waals surface area (Å²) in [5.41, 5.74) is 0. The van der Waals surface area contributed by atoms with E-state index in [-0.39, 0.29) is 0 Å². The molecule has 2 heterocycles. The lowest BCUT2D eigenvalue weighted by molar-refractivity contribution is -0.0620. The highest BCUT2D eigenvalue weighted by Crippen LogP contribution is 2.34. The van der Waals surface area contributed by atoms with Crippen LogP contribution < -0.4 is 0 Å². The fraction of sp³-hybridized carbons (Fsp3) is 0.875. The molecule has 6 nitrogen and oxygen atoms in total. The topological polar surface area (TPSA) is 52.4 Å².